The fourth-order valence-corrected chi connectivity index (χ4v) is 4.26. The molecule has 2 aromatic carbocycles. The number of fused-ring (bicyclic) bond motifs is 1. The van der Waals surface area contributed by atoms with Crippen LogP contribution in [0.5, 0.6) is 11.5 Å². The van der Waals surface area contributed by atoms with Gasteiger partial charge in [0.2, 0.25) is 12.7 Å². The molecule has 8 nitrogen and oxygen atoms in total. The fourth-order valence-electron chi connectivity index (χ4n) is 3.49. The van der Waals surface area contributed by atoms with Gasteiger partial charge in [-0.2, -0.15) is 0 Å². The molecule has 1 aliphatic heterocycles. The number of para-hydroxylation sites is 1. The van der Waals surface area contributed by atoms with E-state index in [1.165, 1.54) is 11.8 Å². The van der Waals surface area contributed by atoms with E-state index in [1.807, 2.05) is 54.2 Å². The van der Waals surface area contributed by atoms with Gasteiger partial charge in [0, 0.05) is 42.8 Å². The summed E-state index contributed by atoms with van der Waals surface area (Å²) < 4.78 is 14.7. The Morgan fingerprint density at radius 3 is 2.72 bits per heavy atom. The summed E-state index contributed by atoms with van der Waals surface area (Å²) in [4.78, 5) is 12.6. The van der Waals surface area contributed by atoms with Gasteiger partial charge >= 0.3 is 0 Å². The van der Waals surface area contributed by atoms with Gasteiger partial charge in [0.05, 0.1) is 5.75 Å². The molecule has 0 unspecified atom stereocenters. The second kappa shape index (κ2) is 8.80. The number of aromatic nitrogens is 4. The molecule has 0 spiro atoms. The Balaban J connectivity index is 1.33. The Labute approximate surface area is 189 Å². The van der Waals surface area contributed by atoms with Crippen LogP contribution in [0.15, 0.2) is 72.0 Å². The van der Waals surface area contributed by atoms with Crippen molar-refractivity contribution in [2.24, 2.45) is 7.05 Å². The molecule has 0 bridgehead atoms. The average Bonchev–Trinajstić information content (AvgIpc) is 3.53. The predicted octanol–water partition coefficient (Wildman–Crippen LogP) is 3.66. The molecular formula is C23H21N5O3S. The molecule has 4 aromatic rings. The molecule has 1 N–H and O–H groups in total. The van der Waals surface area contributed by atoms with E-state index in [0.717, 1.165) is 17.2 Å². The first-order valence-electron chi connectivity index (χ1n) is 10.1. The Kier molecular flexibility index (Phi) is 5.55. The van der Waals surface area contributed by atoms with Gasteiger partial charge in [0.1, 0.15) is 5.82 Å². The van der Waals surface area contributed by atoms with Crippen molar-refractivity contribution in [2.75, 3.05) is 17.9 Å². The van der Waals surface area contributed by atoms with Crippen molar-refractivity contribution in [3.05, 3.63) is 78.4 Å². The molecule has 0 saturated carbocycles. The summed E-state index contributed by atoms with van der Waals surface area (Å²) in [6.07, 6.45) is 2.64. The average molecular weight is 448 g/mol. The van der Waals surface area contributed by atoms with Gasteiger partial charge in [-0.1, -0.05) is 30.0 Å². The molecule has 0 atom stereocenters. The number of nitrogens with zero attached hydrogens (tertiary/aromatic N) is 4. The number of ether oxygens (including phenoxy) is 2. The van der Waals surface area contributed by atoms with E-state index in [0.29, 0.717) is 28.8 Å². The highest BCUT2D eigenvalue weighted by atomic mass is 32.2. The minimum atomic E-state index is -0.138. The van der Waals surface area contributed by atoms with E-state index in [9.17, 15) is 4.79 Å². The molecule has 0 radical (unpaired) electrons. The number of nitrogens with one attached hydrogen (secondary N) is 1. The van der Waals surface area contributed by atoms with Crippen LogP contribution in [0.1, 0.15) is 11.5 Å². The second-order valence-corrected chi connectivity index (χ2v) is 8.20. The minimum Gasteiger partial charge on any atom is -0.454 e. The van der Waals surface area contributed by atoms with Gasteiger partial charge in [-0.25, -0.2) is 0 Å². The highest BCUT2D eigenvalue weighted by molar-refractivity contribution is 7.99. The molecule has 2 aromatic heterocycles. The predicted molar refractivity (Wildman–Crippen MR) is 121 cm³/mol. The smallest absolute Gasteiger partial charge is 0.234 e. The third-order valence-corrected chi connectivity index (χ3v) is 6.02. The molecule has 0 saturated heterocycles. The maximum atomic E-state index is 12.6. The third kappa shape index (κ3) is 4.19. The first-order chi connectivity index (χ1) is 15.7. The lowest BCUT2D eigenvalue weighted by Gasteiger charge is -2.11. The topological polar surface area (TPSA) is 83.2 Å². The van der Waals surface area contributed by atoms with Crippen molar-refractivity contribution >= 4 is 23.4 Å². The number of amides is 1. The number of carbonyl (C=O) groups excluding carboxylic acids is 1. The summed E-state index contributed by atoms with van der Waals surface area (Å²) in [5, 5.41) is 12.4. The van der Waals surface area contributed by atoms with E-state index >= 15 is 0 Å². The van der Waals surface area contributed by atoms with Crippen molar-refractivity contribution < 1.29 is 14.3 Å². The van der Waals surface area contributed by atoms with Crippen LogP contribution in [0.25, 0.3) is 5.69 Å². The lowest BCUT2D eigenvalue weighted by molar-refractivity contribution is -0.113. The first kappa shape index (κ1) is 20.2. The molecule has 1 aliphatic rings. The van der Waals surface area contributed by atoms with E-state index < -0.39 is 0 Å². The van der Waals surface area contributed by atoms with Gasteiger partial charge in [0.15, 0.2) is 16.7 Å². The van der Waals surface area contributed by atoms with Crippen LogP contribution in [0.2, 0.25) is 0 Å². The number of rotatable bonds is 7. The van der Waals surface area contributed by atoms with Gasteiger partial charge in [-0.3, -0.25) is 9.36 Å². The fraction of sp³-hybridized carbons (Fsp3) is 0.174. The maximum Gasteiger partial charge on any atom is 0.234 e. The van der Waals surface area contributed by atoms with E-state index in [-0.39, 0.29) is 18.5 Å². The molecule has 1 amide bonds. The quantitative estimate of drug-likeness (QED) is 0.436. The van der Waals surface area contributed by atoms with Crippen molar-refractivity contribution in [1.29, 1.82) is 0 Å². The maximum absolute atomic E-state index is 12.6. The molecule has 32 heavy (non-hydrogen) atoms. The summed E-state index contributed by atoms with van der Waals surface area (Å²) >= 11 is 1.35. The number of anilines is 1. The molecule has 0 fully saturated rings. The van der Waals surface area contributed by atoms with Crippen molar-refractivity contribution in [3.63, 3.8) is 0 Å². The first-order valence-corrected chi connectivity index (χ1v) is 11.1. The summed E-state index contributed by atoms with van der Waals surface area (Å²) in [7, 11) is 2.01. The lowest BCUT2D eigenvalue weighted by Crippen LogP contribution is -2.14. The summed E-state index contributed by atoms with van der Waals surface area (Å²) in [5.74, 6) is 2.18. The van der Waals surface area contributed by atoms with Crippen LogP contribution >= 0.6 is 11.8 Å². The monoisotopic (exact) mass is 447 g/mol. The van der Waals surface area contributed by atoms with E-state index in [2.05, 4.69) is 26.1 Å². The van der Waals surface area contributed by atoms with Crippen LogP contribution in [0.3, 0.4) is 0 Å². The van der Waals surface area contributed by atoms with Gasteiger partial charge in [0.25, 0.3) is 0 Å². The number of benzene rings is 2. The minimum absolute atomic E-state index is 0.138. The Bertz CT molecular complexity index is 1250. The molecule has 9 heteroatoms. The van der Waals surface area contributed by atoms with Crippen LogP contribution in [0, 0.1) is 0 Å². The SMILES string of the molecule is Cn1cccc1Cc1nnc(SCC(=O)Nc2ccc3c(c2)OCO3)n1-c1ccccc1. The van der Waals surface area contributed by atoms with Gasteiger partial charge < -0.3 is 19.4 Å². The highest BCUT2D eigenvalue weighted by Crippen LogP contribution is 2.34. The van der Waals surface area contributed by atoms with Crippen molar-refractivity contribution in [1.82, 2.24) is 19.3 Å². The zero-order valence-corrected chi connectivity index (χ0v) is 18.2. The molecule has 162 valence electrons. The second-order valence-electron chi connectivity index (χ2n) is 7.26. The summed E-state index contributed by atoms with van der Waals surface area (Å²) in [6.45, 7) is 0.197. The standard InChI is InChI=1S/C23H21N5O3S/c1-27-11-5-8-18(27)13-21-25-26-23(28(21)17-6-3-2-4-7-17)32-14-22(29)24-16-9-10-19-20(12-16)31-15-30-19/h2-12H,13-15H2,1H3,(H,24,29). The molecule has 5 rings (SSSR count). The molecule has 0 aliphatic carbocycles. The van der Waals surface area contributed by atoms with E-state index in [1.54, 1.807) is 18.2 Å². The summed E-state index contributed by atoms with van der Waals surface area (Å²) in [6, 6.07) is 19.3. The van der Waals surface area contributed by atoms with Gasteiger partial charge in [-0.15, -0.1) is 10.2 Å². The number of hydrogen-bond acceptors (Lipinski definition) is 6. The number of hydrogen-bond donors (Lipinski definition) is 1. The van der Waals surface area contributed by atoms with Crippen molar-refractivity contribution in [2.45, 2.75) is 11.6 Å². The van der Waals surface area contributed by atoms with Crippen LogP contribution in [-0.2, 0) is 18.3 Å². The largest absolute Gasteiger partial charge is 0.454 e. The Hall–Kier alpha value is -3.72. The van der Waals surface area contributed by atoms with Gasteiger partial charge in [-0.05, 0) is 36.4 Å². The van der Waals surface area contributed by atoms with Crippen LogP contribution in [-0.4, -0.2) is 37.8 Å². The van der Waals surface area contributed by atoms with Crippen molar-refractivity contribution in [3.8, 4) is 17.2 Å². The zero-order chi connectivity index (χ0) is 21.9. The normalized spacial score (nSPS) is 12.2. The van der Waals surface area contributed by atoms with Crippen LogP contribution < -0.4 is 14.8 Å². The number of thioether (sulfide) groups is 1. The Morgan fingerprint density at radius 1 is 1.06 bits per heavy atom. The number of carbonyl (C=O) groups is 1. The lowest BCUT2D eigenvalue weighted by atomic mass is 10.2. The van der Waals surface area contributed by atoms with Crippen LogP contribution in [0.4, 0.5) is 5.69 Å². The molecule has 3 heterocycles. The number of aryl methyl sites for hydroxylation is 1. The van der Waals surface area contributed by atoms with E-state index in [4.69, 9.17) is 9.47 Å². The Morgan fingerprint density at radius 2 is 1.91 bits per heavy atom. The highest BCUT2D eigenvalue weighted by Gasteiger charge is 2.18. The summed E-state index contributed by atoms with van der Waals surface area (Å²) in [5.41, 5.74) is 2.75. The zero-order valence-electron chi connectivity index (χ0n) is 17.4. The molecular weight excluding hydrogens is 426 g/mol. The third-order valence-electron chi connectivity index (χ3n) is 5.09.